The van der Waals surface area contributed by atoms with Crippen LogP contribution in [0.4, 0.5) is 5.69 Å². The predicted octanol–water partition coefficient (Wildman–Crippen LogP) is 3.51. The van der Waals surface area contributed by atoms with Crippen molar-refractivity contribution in [3.63, 3.8) is 0 Å². The largest absolute Gasteiger partial charge is 0.326 e. The quantitative estimate of drug-likeness (QED) is 0.800. The summed E-state index contributed by atoms with van der Waals surface area (Å²) in [6, 6.07) is 8.81. The van der Waals surface area contributed by atoms with E-state index in [1.54, 1.807) is 30.6 Å². The van der Waals surface area contributed by atoms with Crippen molar-refractivity contribution in [2.45, 2.75) is 13.0 Å². The first-order valence-corrected chi connectivity index (χ1v) is 7.24. The maximum Gasteiger partial charge on any atom is 0.225 e. The first-order chi connectivity index (χ1) is 10.1. The fraction of sp³-hybridized carbons (Fsp3) is 0.200. The highest BCUT2D eigenvalue weighted by Gasteiger charge is 2.04. The number of hydrogen-bond donors (Lipinski definition) is 2. The second-order valence-corrected chi connectivity index (χ2v) is 5.36. The SMILES string of the molecule is O=C(CCNCc1ccncc1)Nc1cc(Cl)cc(Cl)c1. The van der Waals surface area contributed by atoms with Gasteiger partial charge in [0, 0.05) is 47.6 Å². The summed E-state index contributed by atoms with van der Waals surface area (Å²) >= 11 is 11.8. The molecule has 0 aliphatic heterocycles. The van der Waals surface area contributed by atoms with E-state index in [-0.39, 0.29) is 5.91 Å². The molecule has 2 N–H and O–H groups in total. The second-order valence-electron chi connectivity index (χ2n) is 4.49. The van der Waals surface area contributed by atoms with Crippen molar-refractivity contribution in [2.24, 2.45) is 0 Å². The number of hydrogen-bond acceptors (Lipinski definition) is 3. The molecule has 0 atom stereocenters. The Morgan fingerprint density at radius 3 is 2.43 bits per heavy atom. The van der Waals surface area contributed by atoms with Gasteiger partial charge in [0.25, 0.3) is 0 Å². The third kappa shape index (κ3) is 5.71. The first-order valence-electron chi connectivity index (χ1n) is 6.49. The standard InChI is InChI=1S/C15H15Cl2N3O/c16-12-7-13(17)9-14(8-12)20-15(21)3-6-19-10-11-1-4-18-5-2-11/h1-2,4-5,7-9,19H,3,6,10H2,(H,20,21). The molecule has 0 aliphatic rings. The minimum atomic E-state index is -0.0874. The van der Waals surface area contributed by atoms with Crippen molar-refractivity contribution in [1.29, 1.82) is 0 Å². The number of benzene rings is 1. The molecule has 21 heavy (non-hydrogen) atoms. The summed E-state index contributed by atoms with van der Waals surface area (Å²) in [4.78, 5) is 15.7. The number of carbonyl (C=O) groups is 1. The Morgan fingerprint density at radius 2 is 1.76 bits per heavy atom. The molecule has 110 valence electrons. The maximum absolute atomic E-state index is 11.8. The van der Waals surface area contributed by atoms with Crippen molar-refractivity contribution < 1.29 is 4.79 Å². The molecule has 0 bridgehead atoms. The highest BCUT2D eigenvalue weighted by atomic mass is 35.5. The number of nitrogens with one attached hydrogen (secondary N) is 2. The van der Waals surface area contributed by atoms with Crippen LogP contribution in [0.3, 0.4) is 0 Å². The normalized spacial score (nSPS) is 10.4. The van der Waals surface area contributed by atoms with E-state index in [2.05, 4.69) is 15.6 Å². The molecule has 0 saturated carbocycles. The van der Waals surface area contributed by atoms with Crippen LogP contribution >= 0.6 is 23.2 Å². The number of nitrogens with zero attached hydrogens (tertiary/aromatic N) is 1. The molecule has 1 heterocycles. The molecule has 0 unspecified atom stereocenters. The van der Waals surface area contributed by atoms with E-state index in [0.29, 0.717) is 35.2 Å². The van der Waals surface area contributed by atoms with E-state index in [0.717, 1.165) is 5.56 Å². The van der Waals surface area contributed by atoms with Crippen molar-refractivity contribution in [3.05, 3.63) is 58.3 Å². The number of rotatable bonds is 6. The van der Waals surface area contributed by atoms with E-state index in [4.69, 9.17) is 23.2 Å². The molecule has 1 aromatic carbocycles. The topological polar surface area (TPSA) is 54.0 Å². The number of carbonyl (C=O) groups excluding carboxylic acids is 1. The van der Waals surface area contributed by atoms with Crippen LogP contribution in [-0.2, 0) is 11.3 Å². The zero-order chi connectivity index (χ0) is 15.1. The third-order valence-corrected chi connectivity index (χ3v) is 3.19. The number of aromatic nitrogens is 1. The van der Waals surface area contributed by atoms with Crippen LogP contribution in [-0.4, -0.2) is 17.4 Å². The predicted molar refractivity (Wildman–Crippen MR) is 85.7 cm³/mol. The minimum absolute atomic E-state index is 0.0874. The lowest BCUT2D eigenvalue weighted by Gasteiger charge is -2.07. The van der Waals surface area contributed by atoms with Gasteiger partial charge in [-0.25, -0.2) is 0 Å². The lowest BCUT2D eigenvalue weighted by Crippen LogP contribution is -2.21. The van der Waals surface area contributed by atoms with Crippen LogP contribution in [0, 0.1) is 0 Å². The van der Waals surface area contributed by atoms with Crippen LogP contribution in [0.2, 0.25) is 10.0 Å². The minimum Gasteiger partial charge on any atom is -0.326 e. The molecule has 0 saturated heterocycles. The Hall–Kier alpha value is -1.62. The Bertz CT molecular complexity index is 585. The number of amides is 1. The van der Waals surface area contributed by atoms with Crippen molar-refractivity contribution >= 4 is 34.8 Å². The smallest absolute Gasteiger partial charge is 0.225 e. The average Bonchev–Trinajstić information content (AvgIpc) is 2.43. The van der Waals surface area contributed by atoms with Gasteiger partial charge in [-0.3, -0.25) is 9.78 Å². The highest BCUT2D eigenvalue weighted by molar-refractivity contribution is 6.35. The fourth-order valence-electron chi connectivity index (χ4n) is 1.78. The number of anilines is 1. The molecule has 0 fully saturated rings. The van der Waals surface area contributed by atoms with Crippen molar-refractivity contribution in [3.8, 4) is 0 Å². The molecular formula is C15H15Cl2N3O. The van der Waals surface area contributed by atoms with Gasteiger partial charge in [0.1, 0.15) is 0 Å². The van der Waals surface area contributed by atoms with Gasteiger partial charge in [-0.15, -0.1) is 0 Å². The van der Waals surface area contributed by atoms with Crippen LogP contribution in [0.25, 0.3) is 0 Å². The lowest BCUT2D eigenvalue weighted by atomic mass is 10.2. The maximum atomic E-state index is 11.8. The Balaban J connectivity index is 1.72. The zero-order valence-corrected chi connectivity index (χ0v) is 12.8. The Kier molecular flexibility index (Phi) is 5.99. The van der Waals surface area contributed by atoms with Crippen LogP contribution in [0.15, 0.2) is 42.7 Å². The molecule has 2 aromatic rings. The summed E-state index contributed by atoms with van der Waals surface area (Å²) in [5, 5.41) is 6.95. The van der Waals surface area contributed by atoms with E-state index in [9.17, 15) is 4.79 Å². The van der Waals surface area contributed by atoms with Gasteiger partial charge in [0.15, 0.2) is 0 Å². The molecule has 2 rings (SSSR count). The summed E-state index contributed by atoms with van der Waals surface area (Å²) in [5.41, 5.74) is 1.73. The summed E-state index contributed by atoms with van der Waals surface area (Å²) < 4.78 is 0. The molecule has 6 heteroatoms. The molecule has 0 aliphatic carbocycles. The lowest BCUT2D eigenvalue weighted by molar-refractivity contribution is -0.116. The van der Waals surface area contributed by atoms with E-state index in [1.807, 2.05) is 12.1 Å². The molecule has 4 nitrogen and oxygen atoms in total. The third-order valence-electron chi connectivity index (χ3n) is 2.75. The Labute approximate surface area is 133 Å². The molecular weight excluding hydrogens is 309 g/mol. The monoisotopic (exact) mass is 323 g/mol. The van der Waals surface area contributed by atoms with Crippen molar-refractivity contribution in [1.82, 2.24) is 10.3 Å². The van der Waals surface area contributed by atoms with E-state index < -0.39 is 0 Å². The van der Waals surface area contributed by atoms with Gasteiger partial charge in [-0.2, -0.15) is 0 Å². The van der Waals surface area contributed by atoms with Gasteiger partial charge >= 0.3 is 0 Å². The molecule has 0 spiro atoms. The fourth-order valence-corrected chi connectivity index (χ4v) is 2.31. The summed E-state index contributed by atoms with van der Waals surface area (Å²) in [7, 11) is 0. The van der Waals surface area contributed by atoms with Crippen LogP contribution in [0.1, 0.15) is 12.0 Å². The summed E-state index contributed by atoms with van der Waals surface area (Å²) in [6.07, 6.45) is 3.86. The first kappa shape index (κ1) is 15.8. The van der Waals surface area contributed by atoms with Crippen LogP contribution < -0.4 is 10.6 Å². The molecule has 1 aromatic heterocycles. The van der Waals surface area contributed by atoms with Gasteiger partial charge in [0.05, 0.1) is 0 Å². The summed E-state index contributed by atoms with van der Waals surface area (Å²) in [6.45, 7) is 1.29. The number of pyridine rings is 1. The van der Waals surface area contributed by atoms with Gasteiger partial charge in [-0.05, 0) is 35.9 Å². The highest BCUT2D eigenvalue weighted by Crippen LogP contribution is 2.22. The molecule has 0 radical (unpaired) electrons. The Morgan fingerprint density at radius 1 is 1.10 bits per heavy atom. The zero-order valence-electron chi connectivity index (χ0n) is 11.3. The number of halogens is 2. The van der Waals surface area contributed by atoms with Crippen molar-refractivity contribution in [2.75, 3.05) is 11.9 Å². The van der Waals surface area contributed by atoms with Gasteiger partial charge in [0.2, 0.25) is 5.91 Å². The van der Waals surface area contributed by atoms with E-state index in [1.165, 1.54) is 0 Å². The van der Waals surface area contributed by atoms with E-state index >= 15 is 0 Å². The molecule has 1 amide bonds. The second kappa shape index (κ2) is 7.98. The van der Waals surface area contributed by atoms with Gasteiger partial charge in [-0.1, -0.05) is 23.2 Å². The summed E-state index contributed by atoms with van der Waals surface area (Å²) in [5.74, 6) is -0.0874. The van der Waals surface area contributed by atoms with Gasteiger partial charge < -0.3 is 10.6 Å². The average molecular weight is 324 g/mol. The van der Waals surface area contributed by atoms with Crippen LogP contribution in [0.5, 0.6) is 0 Å².